The van der Waals surface area contributed by atoms with Crippen molar-refractivity contribution in [1.29, 1.82) is 0 Å². The van der Waals surface area contributed by atoms with E-state index in [1.165, 1.54) is 11.0 Å². The molecule has 4 heteroatoms. The average Bonchev–Trinajstić information content (AvgIpc) is 2.28. The summed E-state index contributed by atoms with van der Waals surface area (Å²) in [7, 11) is 1.60. The van der Waals surface area contributed by atoms with Crippen molar-refractivity contribution in [2.45, 2.75) is 19.3 Å². The average molecular weight is 239 g/mol. The van der Waals surface area contributed by atoms with Crippen molar-refractivity contribution in [2.24, 2.45) is 0 Å². The predicted molar refractivity (Wildman–Crippen MR) is 64.1 cm³/mol. The van der Waals surface area contributed by atoms with Crippen molar-refractivity contribution < 1.29 is 14.3 Å². The highest BCUT2D eigenvalue weighted by atomic mass is 19.1. The van der Waals surface area contributed by atoms with Crippen LogP contribution in [0.5, 0.6) is 0 Å². The lowest BCUT2D eigenvalue weighted by atomic mass is 9.83. The van der Waals surface area contributed by atoms with Crippen LogP contribution in [0.2, 0.25) is 0 Å². The molecule has 17 heavy (non-hydrogen) atoms. The number of benzene rings is 1. The Morgan fingerprint density at radius 1 is 1.41 bits per heavy atom. The normalized spacial score (nSPS) is 11.4. The molecular weight excluding hydrogens is 221 g/mol. The van der Waals surface area contributed by atoms with Crippen LogP contribution in [0.1, 0.15) is 19.4 Å². The number of carbonyl (C=O) groups is 1. The quantitative estimate of drug-likeness (QED) is 0.866. The third-order valence-electron chi connectivity index (χ3n) is 2.86. The topological polar surface area (TPSA) is 40.5 Å². The zero-order chi connectivity index (χ0) is 13.1. The van der Waals surface area contributed by atoms with Crippen molar-refractivity contribution in [1.82, 2.24) is 4.90 Å². The summed E-state index contributed by atoms with van der Waals surface area (Å²) in [5, 5.41) is 8.81. The number of nitrogens with zero attached hydrogens (tertiary/aromatic N) is 1. The minimum Gasteiger partial charge on any atom is -0.395 e. The summed E-state index contributed by atoms with van der Waals surface area (Å²) < 4.78 is 13.7. The van der Waals surface area contributed by atoms with Gasteiger partial charge in [0.25, 0.3) is 0 Å². The van der Waals surface area contributed by atoms with Crippen molar-refractivity contribution in [3.63, 3.8) is 0 Å². The lowest BCUT2D eigenvalue weighted by molar-refractivity contribution is -0.135. The Kier molecular flexibility index (Phi) is 4.23. The van der Waals surface area contributed by atoms with Gasteiger partial charge in [-0.25, -0.2) is 4.39 Å². The van der Waals surface area contributed by atoms with Gasteiger partial charge in [-0.3, -0.25) is 4.79 Å². The maximum atomic E-state index is 13.7. The van der Waals surface area contributed by atoms with Crippen molar-refractivity contribution in [3.05, 3.63) is 35.6 Å². The molecule has 0 unspecified atom stereocenters. The van der Waals surface area contributed by atoms with Gasteiger partial charge in [0.05, 0.1) is 12.0 Å². The van der Waals surface area contributed by atoms with Crippen LogP contribution in [-0.4, -0.2) is 36.1 Å². The monoisotopic (exact) mass is 239 g/mol. The molecule has 0 radical (unpaired) electrons. The zero-order valence-electron chi connectivity index (χ0n) is 10.4. The van der Waals surface area contributed by atoms with E-state index in [4.69, 9.17) is 5.11 Å². The Labute approximate surface area is 101 Å². The highest BCUT2D eigenvalue weighted by molar-refractivity contribution is 5.87. The van der Waals surface area contributed by atoms with Crippen LogP contribution in [0.4, 0.5) is 4.39 Å². The zero-order valence-corrected chi connectivity index (χ0v) is 10.4. The van der Waals surface area contributed by atoms with Gasteiger partial charge in [-0.2, -0.15) is 0 Å². The summed E-state index contributed by atoms with van der Waals surface area (Å²) >= 11 is 0. The number of likely N-dealkylation sites (N-methyl/N-ethyl adjacent to an activating group) is 1. The van der Waals surface area contributed by atoms with Crippen molar-refractivity contribution in [3.8, 4) is 0 Å². The van der Waals surface area contributed by atoms with Gasteiger partial charge in [0.15, 0.2) is 0 Å². The number of amides is 1. The summed E-state index contributed by atoms with van der Waals surface area (Å²) in [6.45, 7) is 3.51. The summed E-state index contributed by atoms with van der Waals surface area (Å²) in [6, 6.07) is 6.26. The maximum Gasteiger partial charge on any atom is 0.232 e. The van der Waals surface area contributed by atoms with E-state index < -0.39 is 5.41 Å². The Morgan fingerprint density at radius 3 is 2.53 bits per heavy atom. The number of hydrogen-bond donors (Lipinski definition) is 1. The van der Waals surface area contributed by atoms with Crippen LogP contribution in [0.25, 0.3) is 0 Å². The molecule has 0 aliphatic carbocycles. The first-order valence-electron chi connectivity index (χ1n) is 5.52. The van der Waals surface area contributed by atoms with E-state index in [1.54, 1.807) is 39.1 Å². The fraction of sp³-hybridized carbons (Fsp3) is 0.462. The third kappa shape index (κ3) is 2.82. The molecule has 0 saturated heterocycles. The first-order chi connectivity index (χ1) is 7.91. The number of halogens is 1. The van der Waals surface area contributed by atoms with Crippen LogP contribution in [0, 0.1) is 5.82 Å². The molecule has 1 N–H and O–H groups in total. The number of aliphatic hydroxyl groups excluding tert-OH is 1. The largest absolute Gasteiger partial charge is 0.395 e. The predicted octanol–water partition coefficient (Wildman–Crippen LogP) is 1.55. The molecular formula is C13H18FNO2. The molecule has 0 heterocycles. The molecule has 0 atom stereocenters. The Hall–Kier alpha value is -1.42. The molecule has 1 amide bonds. The fourth-order valence-electron chi connectivity index (χ4n) is 1.81. The van der Waals surface area contributed by atoms with Crippen molar-refractivity contribution >= 4 is 5.91 Å². The molecule has 0 spiro atoms. The van der Waals surface area contributed by atoms with E-state index in [9.17, 15) is 9.18 Å². The Bertz CT molecular complexity index is 404. The van der Waals surface area contributed by atoms with Gasteiger partial charge < -0.3 is 10.0 Å². The highest BCUT2D eigenvalue weighted by Crippen LogP contribution is 2.27. The van der Waals surface area contributed by atoms with Gasteiger partial charge in [-0.1, -0.05) is 18.2 Å². The molecule has 0 saturated carbocycles. The third-order valence-corrected chi connectivity index (χ3v) is 2.86. The van der Waals surface area contributed by atoms with Crippen molar-refractivity contribution in [2.75, 3.05) is 20.2 Å². The van der Waals surface area contributed by atoms with Gasteiger partial charge in [0.1, 0.15) is 5.82 Å². The molecule has 0 fully saturated rings. The number of rotatable bonds is 4. The molecule has 0 bridgehead atoms. The maximum absolute atomic E-state index is 13.7. The molecule has 1 aromatic rings. The van der Waals surface area contributed by atoms with E-state index in [2.05, 4.69) is 0 Å². The standard InChI is InChI=1S/C13H18FNO2/c1-13(2,12(17)15(3)8-9-16)10-6-4-5-7-11(10)14/h4-7,16H,8-9H2,1-3H3. The summed E-state index contributed by atoms with van der Waals surface area (Å²) in [5.41, 5.74) is -0.565. The highest BCUT2D eigenvalue weighted by Gasteiger charge is 2.34. The summed E-state index contributed by atoms with van der Waals surface area (Å²) in [5.74, 6) is -0.597. The molecule has 1 rings (SSSR count). The fourth-order valence-corrected chi connectivity index (χ4v) is 1.81. The summed E-state index contributed by atoms with van der Waals surface area (Å²) in [6.07, 6.45) is 0. The summed E-state index contributed by atoms with van der Waals surface area (Å²) in [4.78, 5) is 13.6. The first-order valence-corrected chi connectivity index (χ1v) is 5.52. The van der Waals surface area contributed by atoms with E-state index in [1.807, 2.05) is 0 Å². The van der Waals surface area contributed by atoms with E-state index in [0.717, 1.165) is 0 Å². The van der Waals surface area contributed by atoms with Crippen LogP contribution < -0.4 is 0 Å². The SMILES string of the molecule is CN(CCO)C(=O)C(C)(C)c1ccccc1F. The Balaban J connectivity index is 3.03. The van der Waals surface area contributed by atoms with Gasteiger partial charge in [-0.05, 0) is 19.9 Å². The minimum atomic E-state index is -0.935. The number of aliphatic hydroxyl groups is 1. The molecule has 94 valence electrons. The molecule has 3 nitrogen and oxygen atoms in total. The van der Waals surface area contributed by atoms with E-state index in [0.29, 0.717) is 5.56 Å². The minimum absolute atomic E-state index is 0.102. The van der Waals surface area contributed by atoms with Gasteiger partial charge in [0, 0.05) is 19.2 Å². The van der Waals surface area contributed by atoms with Crippen LogP contribution in [0.3, 0.4) is 0 Å². The molecule has 0 aliphatic heterocycles. The number of hydrogen-bond acceptors (Lipinski definition) is 2. The van der Waals surface area contributed by atoms with E-state index in [-0.39, 0.29) is 24.9 Å². The van der Waals surface area contributed by atoms with Crippen LogP contribution in [-0.2, 0) is 10.2 Å². The van der Waals surface area contributed by atoms with Gasteiger partial charge >= 0.3 is 0 Å². The van der Waals surface area contributed by atoms with Gasteiger partial charge in [0.2, 0.25) is 5.91 Å². The number of carbonyl (C=O) groups excluding carboxylic acids is 1. The van der Waals surface area contributed by atoms with Gasteiger partial charge in [-0.15, -0.1) is 0 Å². The molecule has 0 aromatic heterocycles. The van der Waals surface area contributed by atoms with Crippen LogP contribution in [0.15, 0.2) is 24.3 Å². The smallest absolute Gasteiger partial charge is 0.232 e. The lowest BCUT2D eigenvalue weighted by Crippen LogP contribution is -2.43. The second-order valence-corrected chi connectivity index (χ2v) is 4.56. The lowest BCUT2D eigenvalue weighted by Gasteiger charge is -2.29. The molecule has 0 aliphatic rings. The second kappa shape index (κ2) is 5.27. The first kappa shape index (κ1) is 13.6. The Morgan fingerprint density at radius 2 is 2.00 bits per heavy atom. The second-order valence-electron chi connectivity index (χ2n) is 4.56. The van der Waals surface area contributed by atoms with Crippen LogP contribution >= 0.6 is 0 Å². The van der Waals surface area contributed by atoms with E-state index >= 15 is 0 Å². The molecule has 1 aromatic carbocycles.